The molecule has 0 bridgehead atoms. The van der Waals surface area contributed by atoms with Gasteiger partial charge in [0.2, 0.25) is 5.91 Å². The number of aliphatic imine (C=N–C) groups is 1. The lowest BCUT2D eigenvalue weighted by molar-refractivity contribution is -0.130. The summed E-state index contributed by atoms with van der Waals surface area (Å²) in [5.41, 5.74) is 1.21. The van der Waals surface area contributed by atoms with Crippen LogP contribution in [-0.4, -0.2) is 56.6 Å². The standard InChI is InChI=1S/C18H28N4O2/c1-15-6-8-16(9-7-15)24-13-10-20-18(19-2)21-14-17(23)22-11-4-3-5-12-22/h6-9H,3-5,10-14H2,1-2H3,(H2,19,20,21). The van der Waals surface area contributed by atoms with Crippen molar-refractivity contribution in [3.05, 3.63) is 29.8 Å². The zero-order chi connectivity index (χ0) is 17.2. The Morgan fingerprint density at radius 3 is 2.54 bits per heavy atom. The van der Waals surface area contributed by atoms with Crippen LogP contribution >= 0.6 is 0 Å². The molecule has 1 saturated heterocycles. The minimum absolute atomic E-state index is 0.133. The molecule has 0 radical (unpaired) electrons. The van der Waals surface area contributed by atoms with Gasteiger partial charge in [-0.15, -0.1) is 0 Å². The third-order valence-electron chi connectivity index (χ3n) is 4.02. The average molecular weight is 332 g/mol. The van der Waals surface area contributed by atoms with Crippen LogP contribution in [0.15, 0.2) is 29.3 Å². The van der Waals surface area contributed by atoms with E-state index in [1.165, 1.54) is 12.0 Å². The quantitative estimate of drug-likeness (QED) is 0.471. The molecule has 6 heteroatoms. The molecule has 1 heterocycles. The molecule has 6 nitrogen and oxygen atoms in total. The summed E-state index contributed by atoms with van der Waals surface area (Å²) in [5.74, 6) is 1.60. The first-order chi connectivity index (χ1) is 11.7. The summed E-state index contributed by atoms with van der Waals surface area (Å²) >= 11 is 0. The van der Waals surface area contributed by atoms with Crippen molar-refractivity contribution in [2.75, 3.05) is 39.8 Å². The number of piperidine rings is 1. The van der Waals surface area contributed by atoms with Crippen LogP contribution < -0.4 is 15.4 Å². The van der Waals surface area contributed by atoms with E-state index >= 15 is 0 Å². The van der Waals surface area contributed by atoms with E-state index in [0.717, 1.165) is 31.7 Å². The lowest BCUT2D eigenvalue weighted by atomic mass is 10.1. The molecule has 1 aromatic rings. The van der Waals surface area contributed by atoms with Crippen LogP contribution in [0.4, 0.5) is 0 Å². The fourth-order valence-electron chi connectivity index (χ4n) is 2.61. The second-order valence-corrected chi connectivity index (χ2v) is 5.96. The normalized spacial score (nSPS) is 15.1. The third kappa shape index (κ3) is 6.10. The second kappa shape index (κ2) is 9.80. The molecule has 0 aliphatic carbocycles. The Kier molecular flexibility index (Phi) is 7.39. The van der Waals surface area contributed by atoms with Gasteiger partial charge in [0, 0.05) is 20.1 Å². The molecule has 0 unspecified atom stereocenters. The van der Waals surface area contributed by atoms with E-state index in [9.17, 15) is 4.79 Å². The SMILES string of the molecule is CN=C(NCCOc1ccc(C)cc1)NCC(=O)N1CCCCC1. The van der Waals surface area contributed by atoms with E-state index in [-0.39, 0.29) is 12.5 Å². The maximum atomic E-state index is 12.1. The lowest BCUT2D eigenvalue weighted by Gasteiger charge is -2.27. The Morgan fingerprint density at radius 2 is 1.88 bits per heavy atom. The number of ether oxygens (including phenoxy) is 1. The minimum Gasteiger partial charge on any atom is -0.492 e. The molecular formula is C18H28N4O2. The van der Waals surface area contributed by atoms with Gasteiger partial charge in [0.05, 0.1) is 13.1 Å². The largest absolute Gasteiger partial charge is 0.492 e. The summed E-state index contributed by atoms with van der Waals surface area (Å²) in [4.78, 5) is 18.2. The van der Waals surface area contributed by atoms with Gasteiger partial charge in [0.15, 0.2) is 5.96 Å². The number of benzene rings is 1. The summed E-state index contributed by atoms with van der Waals surface area (Å²) in [6.45, 7) is 5.22. The van der Waals surface area contributed by atoms with Crippen molar-refractivity contribution in [2.24, 2.45) is 4.99 Å². The number of nitrogens with one attached hydrogen (secondary N) is 2. The van der Waals surface area contributed by atoms with E-state index in [0.29, 0.717) is 19.1 Å². The van der Waals surface area contributed by atoms with Gasteiger partial charge in [-0.25, -0.2) is 0 Å². The van der Waals surface area contributed by atoms with Gasteiger partial charge in [0.1, 0.15) is 12.4 Å². The number of guanidine groups is 1. The number of carbonyl (C=O) groups is 1. The summed E-state index contributed by atoms with van der Waals surface area (Å²) in [7, 11) is 1.70. The number of hydrogen-bond acceptors (Lipinski definition) is 3. The number of rotatable bonds is 6. The monoisotopic (exact) mass is 332 g/mol. The fourth-order valence-corrected chi connectivity index (χ4v) is 2.61. The highest BCUT2D eigenvalue weighted by atomic mass is 16.5. The molecule has 0 atom stereocenters. The minimum atomic E-state index is 0.133. The molecule has 0 aromatic heterocycles. The zero-order valence-corrected chi connectivity index (χ0v) is 14.7. The van der Waals surface area contributed by atoms with Crippen molar-refractivity contribution in [3.8, 4) is 5.75 Å². The van der Waals surface area contributed by atoms with Gasteiger partial charge in [-0.1, -0.05) is 17.7 Å². The molecule has 1 aromatic carbocycles. The molecule has 1 aliphatic heterocycles. The fraction of sp³-hybridized carbons (Fsp3) is 0.556. The van der Waals surface area contributed by atoms with Crippen molar-refractivity contribution in [2.45, 2.75) is 26.2 Å². The summed E-state index contributed by atoms with van der Waals surface area (Å²) < 4.78 is 5.66. The molecule has 0 spiro atoms. The molecule has 24 heavy (non-hydrogen) atoms. The molecular weight excluding hydrogens is 304 g/mol. The summed E-state index contributed by atoms with van der Waals surface area (Å²) in [5, 5.41) is 6.22. The molecule has 1 fully saturated rings. The average Bonchev–Trinajstić information content (AvgIpc) is 2.63. The van der Waals surface area contributed by atoms with Gasteiger partial charge in [-0.05, 0) is 38.3 Å². The van der Waals surface area contributed by atoms with E-state index in [1.807, 2.05) is 36.1 Å². The number of likely N-dealkylation sites (tertiary alicyclic amines) is 1. The highest BCUT2D eigenvalue weighted by Crippen LogP contribution is 2.10. The Balaban J connectivity index is 1.63. The van der Waals surface area contributed by atoms with Crippen molar-refractivity contribution in [3.63, 3.8) is 0 Å². The molecule has 1 aliphatic rings. The van der Waals surface area contributed by atoms with Gasteiger partial charge in [-0.3, -0.25) is 9.79 Å². The smallest absolute Gasteiger partial charge is 0.241 e. The molecule has 1 amide bonds. The van der Waals surface area contributed by atoms with Crippen molar-refractivity contribution in [1.29, 1.82) is 0 Å². The first kappa shape index (κ1) is 18.1. The molecule has 2 rings (SSSR count). The number of nitrogens with zero attached hydrogens (tertiary/aromatic N) is 2. The van der Waals surface area contributed by atoms with E-state index < -0.39 is 0 Å². The van der Waals surface area contributed by atoms with Crippen LogP contribution in [0.5, 0.6) is 5.75 Å². The Bertz CT molecular complexity index is 536. The maximum Gasteiger partial charge on any atom is 0.241 e. The first-order valence-electron chi connectivity index (χ1n) is 8.61. The Labute approximate surface area is 144 Å². The highest BCUT2D eigenvalue weighted by molar-refractivity contribution is 5.86. The van der Waals surface area contributed by atoms with Crippen LogP contribution in [0.3, 0.4) is 0 Å². The van der Waals surface area contributed by atoms with Crippen LogP contribution in [0.2, 0.25) is 0 Å². The lowest BCUT2D eigenvalue weighted by Crippen LogP contribution is -2.46. The third-order valence-corrected chi connectivity index (χ3v) is 4.02. The predicted molar refractivity (Wildman–Crippen MR) is 96.5 cm³/mol. The predicted octanol–water partition coefficient (Wildman–Crippen LogP) is 1.55. The molecule has 132 valence electrons. The van der Waals surface area contributed by atoms with Crippen LogP contribution in [0, 0.1) is 6.92 Å². The van der Waals surface area contributed by atoms with Crippen molar-refractivity contribution in [1.82, 2.24) is 15.5 Å². The van der Waals surface area contributed by atoms with Gasteiger partial charge >= 0.3 is 0 Å². The zero-order valence-electron chi connectivity index (χ0n) is 14.7. The van der Waals surface area contributed by atoms with Crippen LogP contribution in [-0.2, 0) is 4.79 Å². The second-order valence-electron chi connectivity index (χ2n) is 5.96. The highest BCUT2D eigenvalue weighted by Gasteiger charge is 2.16. The van der Waals surface area contributed by atoms with Gasteiger partial charge < -0.3 is 20.3 Å². The van der Waals surface area contributed by atoms with Crippen LogP contribution in [0.25, 0.3) is 0 Å². The Morgan fingerprint density at radius 1 is 1.17 bits per heavy atom. The van der Waals surface area contributed by atoms with Crippen molar-refractivity contribution < 1.29 is 9.53 Å². The van der Waals surface area contributed by atoms with Crippen LogP contribution in [0.1, 0.15) is 24.8 Å². The van der Waals surface area contributed by atoms with Gasteiger partial charge in [-0.2, -0.15) is 0 Å². The summed E-state index contributed by atoms with van der Waals surface area (Å²) in [6.07, 6.45) is 3.44. The molecule has 0 saturated carbocycles. The molecule has 2 N–H and O–H groups in total. The topological polar surface area (TPSA) is 66.0 Å². The maximum absolute atomic E-state index is 12.1. The number of aryl methyl sites for hydroxylation is 1. The van der Waals surface area contributed by atoms with E-state index in [1.54, 1.807) is 7.05 Å². The Hall–Kier alpha value is -2.24. The van der Waals surface area contributed by atoms with E-state index in [2.05, 4.69) is 15.6 Å². The summed E-state index contributed by atoms with van der Waals surface area (Å²) in [6, 6.07) is 7.96. The first-order valence-corrected chi connectivity index (χ1v) is 8.61. The number of hydrogen-bond donors (Lipinski definition) is 2. The number of carbonyl (C=O) groups excluding carboxylic acids is 1. The van der Waals surface area contributed by atoms with E-state index in [4.69, 9.17) is 4.74 Å². The van der Waals surface area contributed by atoms with Crippen molar-refractivity contribution >= 4 is 11.9 Å². The number of amides is 1. The van der Waals surface area contributed by atoms with Gasteiger partial charge in [0.25, 0.3) is 0 Å².